The van der Waals surface area contributed by atoms with Gasteiger partial charge in [-0.1, -0.05) is 84.0 Å². The van der Waals surface area contributed by atoms with Crippen molar-refractivity contribution in [2.24, 2.45) is 0 Å². The second kappa shape index (κ2) is 10.4. The van der Waals surface area contributed by atoms with Gasteiger partial charge in [-0.2, -0.15) is 0 Å². The highest BCUT2D eigenvalue weighted by Gasteiger charge is 2.35. The Morgan fingerprint density at radius 3 is 2.05 bits per heavy atom. The van der Waals surface area contributed by atoms with Crippen molar-refractivity contribution in [3.8, 4) is 51.0 Å². The van der Waals surface area contributed by atoms with E-state index in [-0.39, 0.29) is 11.2 Å². The van der Waals surface area contributed by atoms with Crippen LogP contribution in [0.1, 0.15) is 52.7 Å². The Balaban J connectivity index is 1.69. The van der Waals surface area contributed by atoms with Crippen LogP contribution >= 0.6 is 8.38 Å². The van der Waals surface area contributed by atoms with Crippen LogP contribution in [0, 0.1) is 0 Å². The molecule has 0 saturated heterocycles. The lowest BCUT2D eigenvalue weighted by Crippen LogP contribution is -2.20. The molecular weight excluding hydrogens is 519 g/mol. The van der Waals surface area contributed by atoms with Crippen LogP contribution in [0.3, 0.4) is 0 Å². The second-order valence-electron chi connectivity index (χ2n) is 12.1. The molecule has 0 bridgehead atoms. The molecule has 6 heteroatoms. The van der Waals surface area contributed by atoms with Gasteiger partial charge in [-0.25, -0.2) is 0 Å². The second-order valence-corrected chi connectivity index (χ2v) is 13.4. The fourth-order valence-corrected chi connectivity index (χ4v) is 6.53. The lowest BCUT2D eigenvalue weighted by atomic mass is 9.81. The zero-order valence-electron chi connectivity index (χ0n) is 24.5. The lowest BCUT2D eigenvalue weighted by Gasteiger charge is -2.31. The molecule has 40 heavy (non-hydrogen) atoms. The molecule has 1 unspecified atom stereocenters. The smallest absolute Gasteiger partial charge is 0.326 e. The number of para-hydroxylation sites is 1. The summed E-state index contributed by atoms with van der Waals surface area (Å²) in [5.74, 6) is 2.66. The first-order valence-electron chi connectivity index (χ1n) is 13.4. The Kier molecular flexibility index (Phi) is 7.22. The summed E-state index contributed by atoms with van der Waals surface area (Å²) in [5.41, 5.74) is 4.79. The fourth-order valence-electron chi connectivity index (χ4n) is 5.01. The Morgan fingerprint density at radius 1 is 0.725 bits per heavy atom. The average Bonchev–Trinajstić information content (AvgIpc) is 2.92. The van der Waals surface area contributed by atoms with Gasteiger partial charge in [0.2, 0.25) is 0 Å². The maximum Gasteiger partial charge on any atom is 0.326 e. The SMILES string of the molecule is COc1cc(-c2cc(OC)c(OP3Oc4ccccc4-c4ccccc43)c(C(C)(C)C)c2O)cc(C(C)(C)C)c1. The molecule has 0 radical (unpaired) electrons. The molecule has 5 rings (SSSR count). The molecule has 5 nitrogen and oxygen atoms in total. The van der Waals surface area contributed by atoms with E-state index in [1.165, 1.54) is 0 Å². The molecule has 0 aliphatic carbocycles. The van der Waals surface area contributed by atoms with Gasteiger partial charge in [0.15, 0.2) is 11.5 Å². The highest BCUT2D eigenvalue weighted by Crippen LogP contribution is 2.56. The standard InChI is InChI=1S/C34H37O5P/c1-33(2,3)22-17-21(18-23(19-22)36-7)26-20-28(37-8)32(30(31(26)35)34(4,5)6)39-40-29-16-12-10-14-25(29)24-13-9-11-15-27(24)38-40/h9-20,35H,1-8H3. The Hall–Kier alpha value is -3.69. The summed E-state index contributed by atoms with van der Waals surface area (Å²) >= 11 is 0. The van der Waals surface area contributed by atoms with Crippen molar-refractivity contribution in [3.63, 3.8) is 0 Å². The molecule has 4 aromatic carbocycles. The van der Waals surface area contributed by atoms with Crippen molar-refractivity contribution in [1.29, 1.82) is 0 Å². The summed E-state index contributed by atoms with van der Waals surface area (Å²) in [5, 5.41) is 12.9. The Morgan fingerprint density at radius 2 is 1.40 bits per heavy atom. The topological polar surface area (TPSA) is 57.2 Å². The van der Waals surface area contributed by atoms with Crippen LogP contribution < -0.4 is 23.8 Å². The molecule has 0 saturated carbocycles. The first kappa shape index (κ1) is 27.9. The molecule has 0 fully saturated rings. The molecule has 0 aromatic heterocycles. The minimum Gasteiger partial charge on any atom is -0.507 e. The van der Waals surface area contributed by atoms with Crippen molar-refractivity contribution in [2.45, 2.75) is 52.4 Å². The lowest BCUT2D eigenvalue weighted by molar-refractivity contribution is 0.377. The first-order valence-corrected chi connectivity index (χ1v) is 14.6. The summed E-state index contributed by atoms with van der Waals surface area (Å²) in [4.78, 5) is 0. The van der Waals surface area contributed by atoms with Gasteiger partial charge in [-0.3, -0.25) is 0 Å². The predicted octanol–water partition coefficient (Wildman–Crippen LogP) is 8.75. The molecule has 1 aliphatic rings. The third-order valence-corrected chi connectivity index (χ3v) is 8.64. The molecule has 208 valence electrons. The largest absolute Gasteiger partial charge is 0.507 e. The summed E-state index contributed by atoms with van der Waals surface area (Å²) in [7, 11) is 1.73. The molecular formula is C34H37O5P. The van der Waals surface area contributed by atoms with Crippen LogP contribution in [0.25, 0.3) is 22.3 Å². The van der Waals surface area contributed by atoms with E-state index in [2.05, 4.69) is 59.7 Å². The van der Waals surface area contributed by atoms with E-state index in [1.807, 2.05) is 54.6 Å². The van der Waals surface area contributed by atoms with Gasteiger partial charge < -0.3 is 23.6 Å². The zero-order chi connectivity index (χ0) is 28.8. The number of benzene rings is 4. The van der Waals surface area contributed by atoms with E-state index < -0.39 is 13.8 Å². The normalized spacial score (nSPS) is 14.6. The van der Waals surface area contributed by atoms with Crippen LogP contribution in [-0.4, -0.2) is 19.3 Å². The molecule has 1 N–H and O–H groups in total. The minimum atomic E-state index is -1.55. The van der Waals surface area contributed by atoms with Gasteiger partial charge in [0.05, 0.1) is 19.5 Å². The summed E-state index contributed by atoms with van der Waals surface area (Å²) in [6.45, 7) is 12.6. The Labute approximate surface area is 238 Å². The predicted molar refractivity (Wildman–Crippen MR) is 164 cm³/mol. The molecule has 1 aliphatic heterocycles. The van der Waals surface area contributed by atoms with E-state index in [1.54, 1.807) is 14.2 Å². The highest BCUT2D eigenvalue weighted by atomic mass is 31.2. The maximum absolute atomic E-state index is 11.9. The van der Waals surface area contributed by atoms with Gasteiger partial charge in [-0.05, 0) is 57.9 Å². The van der Waals surface area contributed by atoms with E-state index in [4.69, 9.17) is 18.5 Å². The first-order chi connectivity index (χ1) is 18.9. The van der Waals surface area contributed by atoms with Crippen molar-refractivity contribution in [1.82, 2.24) is 0 Å². The number of phenolic OH excluding ortho intramolecular Hbond substituents is 1. The maximum atomic E-state index is 11.9. The van der Waals surface area contributed by atoms with Crippen LogP contribution in [0.4, 0.5) is 0 Å². The van der Waals surface area contributed by atoms with E-state index in [9.17, 15) is 5.11 Å². The number of hydrogen-bond acceptors (Lipinski definition) is 5. The van der Waals surface area contributed by atoms with E-state index >= 15 is 0 Å². The number of ether oxygens (including phenoxy) is 2. The van der Waals surface area contributed by atoms with Gasteiger partial charge >= 0.3 is 8.38 Å². The molecule has 1 atom stereocenters. The molecule has 1 heterocycles. The number of phenols is 1. The van der Waals surface area contributed by atoms with Gasteiger partial charge in [0, 0.05) is 16.7 Å². The van der Waals surface area contributed by atoms with Crippen LogP contribution in [0.5, 0.6) is 28.7 Å². The number of hydrogen-bond donors (Lipinski definition) is 1. The number of rotatable bonds is 5. The quantitative estimate of drug-likeness (QED) is 0.249. The number of fused-ring (bicyclic) bond motifs is 3. The van der Waals surface area contributed by atoms with E-state index in [0.717, 1.165) is 39.1 Å². The molecule has 4 aromatic rings. The van der Waals surface area contributed by atoms with Gasteiger partial charge in [0.25, 0.3) is 0 Å². The van der Waals surface area contributed by atoms with Crippen LogP contribution in [0.15, 0.2) is 72.8 Å². The minimum absolute atomic E-state index is 0.108. The van der Waals surface area contributed by atoms with Gasteiger partial charge in [0.1, 0.15) is 17.2 Å². The van der Waals surface area contributed by atoms with Crippen molar-refractivity contribution >= 4 is 13.7 Å². The highest BCUT2D eigenvalue weighted by molar-refractivity contribution is 7.57. The molecule has 0 amide bonds. The van der Waals surface area contributed by atoms with E-state index in [0.29, 0.717) is 22.6 Å². The monoisotopic (exact) mass is 556 g/mol. The average molecular weight is 557 g/mol. The van der Waals surface area contributed by atoms with Crippen molar-refractivity contribution in [3.05, 3.63) is 83.9 Å². The molecule has 0 spiro atoms. The van der Waals surface area contributed by atoms with Crippen molar-refractivity contribution in [2.75, 3.05) is 14.2 Å². The number of aromatic hydroxyl groups is 1. The third-order valence-electron chi connectivity index (χ3n) is 7.14. The van der Waals surface area contributed by atoms with Crippen LogP contribution in [-0.2, 0) is 10.8 Å². The zero-order valence-corrected chi connectivity index (χ0v) is 25.4. The van der Waals surface area contributed by atoms with Crippen LogP contribution in [0.2, 0.25) is 0 Å². The van der Waals surface area contributed by atoms with Gasteiger partial charge in [-0.15, -0.1) is 0 Å². The fraction of sp³-hybridized carbons (Fsp3) is 0.294. The Bertz CT molecular complexity index is 1560. The summed E-state index contributed by atoms with van der Waals surface area (Å²) < 4.78 is 24.8. The number of methoxy groups -OCH3 is 2. The summed E-state index contributed by atoms with van der Waals surface area (Å²) in [6.07, 6.45) is 0. The van der Waals surface area contributed by atoms with Crippen molar-refractivity contribution < 1.29 is 23.6 Å². The summed E-state index contributed by atoms with van der Waals surface area (Å²) in [6, 6.07) is 24.1. The third kappa shape index (κ3) is 5.11.